The molecule has 2 aromatic carbocycles. The van der Waals surface area contributed by atoms with Gasteiger partial charge in [0, 0.05) is 17.9 Å². The highest BCUT2D eigenvalue weighted by Gasteiger charge is 2.34. The Morgan fingerprint density at radius 1 is 0.909 bits per heavy atom. The van der Waals surface area contributed by atoms with Crippen LogP contribution in [0.2, 0.25) is 0 Å². The van der Waals surface area contributed by atoms with Crippen molar-refractivity contribution in [1.29, 1.82) is 0 Å². The van der Waals surface area contributed by atoms with E-state index in [2.05, 4.69) is 85.7 Å². The first-order chi connectivity index (χ1) is 21.0. The van der Waals surface area contributed by atoms with Crippen LogP contribution in [0.3, 0.4) is 0 Å². The number of benzene rings is 2. The molecule has 0 radical (unpaired) electrons. The number of hydrogen-bond donors (Lipinski definition) is 0. The summed E-state index contributed by atoms with van der Waals surface area (Å²) in [5, 5.41) is 0. The summed E-state index contributed by atoms with van der Waals surface area (Å²) in [6.07, 6.45) is 12.0. The van der Waals surface area contributed by atoms with Crippen molar-refractivity contribution in [2.75, 3.05) is 0 Å². The first-order valence-electron chi connectivity index (χ1n) is 17.8. The van der Waals surface area contributed by atoms with E-state index in [4.69, 9.17) is 0 Å². The Labute approximate surface area is 270 Å². The number of fused-ring (bicyclic) bond motifs is 1. The van der Waals surface area contributed by atoms with Gasteiger partial charge < -0.3 is 0 Å². The number of aryl methyl sites for hydroxylation is 3. The van der Waals surface area contributed by atoms with Gasteiger partial charge in [0.2, 0.25) is 0 Å². The molecule has 0 heterocycles. The number of Topliss-reactive ketones (excluding diaryl/α,β-unsaturated/α-hetero) is 3. The lowest BCUT2D eigenvalue weighted by atomic mass is 9.71. The van der Waals surface area contributed by atoms with Crippen molar-refractivity contribution < 1.29 is 14.4 Å². The van der Waals surface area contributed by atoms with E-state index in [0.29, 0.717) is 6.42 Å². The zero-order valence-electron chi connectivity index (χ0n) is 29.6. The third-order valence-electron chi connectivity index (χ3n) is 9.25. The summed E-state index contributed by atoms with van der Waals surface area (Å²) in [5.74, 6) is 1.34. The van der Waals surface area contributed by atoms with Crippen molar-refractivity contribution in [2.24, 2.45) is 23.7 Å². The van der Waals surface area contributed by atoms with Crippen molar-refractivity contribution in [1.82, 2.24) is 0 Å². The first-order valence-corrected chi connectivity index (χ1v) is 17.8. The van der Waals surface area contributed by atoms with Gasteiger partial charge in [-0.25, -0.2) is 0 Å². The van der Waals surface area contributed by atoms with E-state index in [1.807, 2.05) is 0 Å². The van der Waals surface area contributed by atoms with Gasteiger partial charge in [-0.1, -0.05) is 111 Å². The molecule has 44 heavy (non-hydrogen) atoms. The van der Waals surface area contributed by atoms with Crippen LogP contribution < -0.4 is 0 Å². The van der Waals surface area contributed by atoms with E-state index in [1.165, 1.54) is 60.4 Å². The lowest BCUT2D eigenvalue weighted by Gasteiger charge is -2.33. The molecule has 3 nitrogen and oxygen atoms in total. The molecule has 0 saturated carbocycles. The molecule has 244 valence electrons. The fourth-order valence-electron chi connectivity index (χ4n) is 7.21. The van der Waals surface area contributed by atoms with Gasteiger partial charge in [-0.05, 0) is 104 Å². The van der Waals surface area contributed by atoms with Crippen LogP contribution in [0, 0.1) is 30.6 Å². The standard InChI is InChI=1S/C38H54O3.C3H8/c1-8-13-31(32(10-3)36(40)20-27(7)39)21-29-23-35-33(19-16-26(6)38(35)37(41)24-29)34-22-28(17-18-30(34)9-2)15-12-11-14-25(4)5;1-3-2/h16-19,22,25,29,31-32H,8-15,20-21,23-24H2,1-7H3;3H2,1-2H3. The summed E-state index contributed by atoms with van der Waals surface area (Å²) in [6.45, 7) is 18.9. The average molecular weight is 603 g/mol. The van der Waals surface area contributed by atoms with Crippen LogP contribution in [-0.2, 0) is 28.9 Å². The molecule has 0 saturated heterocycles. The van der Waals surface area contributed by atoms with E-state index in [0.717, 1.165) is 62.0 Å². The van der Waals surface area contributed by atoms with E-state index in [1.54, 1.807) is 0 Å². The predicted octanol–water partition coefficient (Wildman–Crippen LogP) is 11.1. The molecule has 0 fully saturated rings. The molecular formula is C41H62O3. The normalized spacial score (nSPS) is 15.8. The third-order valence-corrected chi connectivity index (χ3v) is 9.25. The minimum absolute atomic E-state index is 0.0299. The number of hydrogen-bond acceptors (Lipinski definition) is 3. The number of carbonyl (C=O) groups is 3. The molecule has 0 bridgehead atoms. The van der Waals surface area contributed by atoms with Gasteiger partial charge in [0.15, 0.2) is 5.78 Å². The van der Waals surface area contributed by atoms with E-state index >= 15 is 0 Å². The van der Waals surface area contributed by atoms with Crippen molar-refractivity contribution in [3.05, 3.63) is 58.1 Å². The molecular weight excluding hydrogens is 540 g/mol. The SMILES string of the molecule is CCC.CCCC(CC1CC(=O)c2c(C)ccc(-c3cc(CCCCC(C)C)ccc3CC)c2C1)C(CC)C(=O)CC(C)=O. The highest BCUT2D eigenvalue weighted by Crippen LogP contribution is 2.41. The molecule has 3 heteroatoms. The van der Waals surface area contributed by atoms with Gasteiger partial charge in [0.05, 0.1) is 6.42 Å². The fourth-order valence-corrected chi connectivity index (χ4v) is 7.21. The van der Waals surface area contributed by atoms with Gasteiger partial charge in [0.25, 0.3) is 0 Å². The zero-order valence-corrected chi connectivity index (χ0v) is 29.6. The molecule has 1 aliphatic rings. The second-order valence-electron chi connectivity index (χ2n) is 13.8. The van der Waals surface area contributed by atoms with E-state index in [9.17, 15) is 14.4 Å². The summed E-state index contributed by atoms with van der Waals surface area (Å²) in [6, 6.07) is 11.4. The summed E-state index contributed by atoms with van der Waals surface area (Å²) >= 11 is 0. The van der Waals surface area contributed by atoms with Crippen LogP contribution in [0.4, 0.5) is 0 Å². The minimum Gasteiger partial charge on any atom is -0.300 e. The quantitative estimate of drug-likeness (QED) is 0.142. The number of unbranched alkanes of at least 4 members (excludes halogenated alkanes) is 1. The van der Waals surface area contributed by atoms with Crippen LogP contribution in [0.25, 0.3) is 11.1 Å². The molecule has 3 unspecified atom stereocenters. The Kier molecular flexibility index (Phi) is 16.3. The molecule has 0 amide bonds. The molecule has 2 aromatic rings. The van der Waals surface area contributed by atoms with Crippen LogP contribution in [0.1, 0.15) is 152 Å². The van der Waals surface area contributed by atoms with Crippen LogP contribution in [0.5, 0.6) is 0 Å². The Hall–Kier alpha value is -2.55. The lowest BCUT2D eigenvalue weighted by Crippen LogP contribution is -2.30. The second kappa shape index (κ2) is 19.1. The largest absolute Gasteiger partial charge is 0.300 e. The van der Waals surface area contributed by atoms with Gasteiger partial charge in [-0.15, -0.1) is 0 Å². The topological polar surface area (TPSA) is 51.2 Å². The van der Waals surface area contributed by atoms with Crippen molar-refractivity contribution in [2.45, 2.75) is 146 Å². The summed E-state index contributed by atoms with van der Waals surface area (Å²) < 4.78 is 0. The lowest BCUT2D eigenvalue weighted by molar-refractivity contribution is -0.129. The van der Waals surface area contributed by atoms with Crippen LogP contribution >= 0.6 is 0 Å². The summed E-state index contributed by atoms with van der Waals surface area (Å²) in [5.41, 5.74) is 8.42. The Morgan fingerprint density at radius 3 is 2.20 bits per heavy atom. The van der Waals surface area contributed by atoms with Crippen molar-refractivity contribution in [3.63, 3.8) is 0 Å². The maximum Gasteiger partial charge on any atom is 0.163 e. The minimum atomic E-state index is -0.105. The van der Waals surface area contributed by atoms with Gasteiger partial charge in [-0.2, -0.15) is 0 Å². The highest BCUT2D eigenvalue weighted by molar-refractivity contribution is 6.02. The Bertz CT molecular complexity index is 1220. The zero-order chi connectivity index (χ0) is 32.8. The van der Waals surface area contributed by atoms with Crippen molar-refractivity contribution >= 4 is 17.3 Å². The molecule has 0 aliphatic heterocycles. The highest BCUT2D eigenvalue weighted by atomic mass is 16.1. The van der Waals surface area contributed by atoms with Crippen molar-refractivity contribution in [3.8, 4) is 11.1 Å². The predicted molar refractivity (Wildman–Crippen MR) is 188 cm³/mol. The number of carbonyl (C=O) groups excluding carboxylic acids is 3. The van der Waals surface area contributed by atoms with Crippen LogP contribution in [0.15, 0.2) is 30.3 Å². The number of rotatable bonds is 16. The van der Waals surface area contributed by atoms with Crippen LogP contribution in [-0.4, -0.2) is 17.3 Å². The molecule has 1 aliphatic carbocycles. The Morgan fingerprint density at radius 2 is 1.61 bits per heavy atom. The monoisotopic (exact) mass is 602 g/mol. The first kappa shape index (κ1) is 37.6. The Balaban J connectivity index is 0.00000216. The summed E-state index contributed by atoms with van der Waals surface area (Å²) in [7, 11) is 0. The summed E-state index contributed by atoms with van der Waals surface area (Å²) in [4.78, 5) is 38.5. The maximum atomic E-state index is 13.7. The van der Waals surface area contributed by atoms with Gasteiger partial charge in [-0.3, -0.25) is 14.4 Å². The molecule has 0 N–H and O–H groups in total. The molecule has 0 aromatic heterocycles. The smallest absolute Gasteiger partial charge is 0.163 e. The molecule has 3 rings (SSSR count). The molecule has 3 atom stereocenters. The third kappa shape index (κ3) is 10.8. The van der Waals surface area contributed by atoms with E-state index < -0.39 is 0 Å². The number of ketones is 3. The van der Waals surface area contributed by atoms with Gasteiger partial charge >= 0.3 is 0 Å². The van der Waals surface area contributed by atoms with Gasteiger partial charge in [0.1, 0.15) is 11.6 Å². The fraction of sp³-hybridized carbons (Fsp3) is 0.634. The maximum absolute atomic E-state index is 13.7. The molecule has 0 spiro atoms. The average Bonchev–Trinajstić information content (AvgIpc) is 2.95. The second-order valence-corrected chi connectivity index (χ2v) is 13.8. The van der Waals surface area contributed by atoms with E-state index in [-0.39, 0.29) is 41.5 Å².